The molecule has 1 N–H and O–H groups in total. The highest BCUT2D eigenvalue weighted by Crippen LogP contribution is 2.18. The standard InChI is InChI=1S/C19H27BrN4O2/c1-22-8-3-6-17(22)19(26)24-12-10-23(11-13-24)9-7-18(25)21-16-5-2-4-15(20)14-16/h2,4-5,14,17H,3,6-13H2,1H3,(H,21,25)/t17-/m0/s1. The zero-order chi connectivity index (χ0) is 18.5. The molecule has 1 aromatic carbocycles. The second kappa shape index (κ2) is 8.97. The molecule has 2 aliphatic rings. The number of hydrogen-bond donors (Lipinski definition) is 1. The van der Waals surface area contributed by atoms with Gasteiger partial charge in [-0.3, -0.25) is 19.4 Å². The van der Waals surface area contributed by atoms with Crippen LogP contribution in [0.15, 0.2) is 28.7 Å². The van der Waals surface area contributed by atoms with E-state index in [-0.39, 0.29) is 17.9 Å². The SMILES string of the molecule is CN1CCC[C@H]1C(=O)N1CCN(CCC(=O)Nc2cccc(Br)c2)CC1. The van der Waals surface area contributed by atoms with Gasteiger partial charge in [0.1, 0.15) is 0 Å². The first kappa shape index (κ1) is 19.3. The van der Waals surface area contributed by atoms with Gasteiger partial charge < -0.3 is 10.2 Å². The molecule has 2 heterocycles. The van der Waals surface area contributed by atoms with E-state index in [1.54, 1.807) is 0 Å². The molecule has 2 amide bonds. The first-order valence-corrected chi connectivity index (χ1v) is 10.1. The van der Waals surface area contributed by atoms with Gasteiger partial charge in [-0.1, -0.05) is 22.0 Å². The van der Waals surface area contributed by atoms with E-state index >= 15 is 0 Å². The Morgan fingerprint density at radius 3 is 2.62 bits per heavy atom. The van der Waals surface area contributed by atoms with Crippen molar-refractivity contribution in [1.82, 2.24) is 14.7 Å². The van der Waals surface area contributed by atoms with Gasteiger partial charge in [0.2, 0.25) is 11.8 Å². The van der Waals surface area contributed by atoms with Gasteiger partial charge in [0, 0.05) is 49.3 Å². The molecule has 2 fully saturated rings. The van der Waals surface area contributed by atoms with Crippen molar-refractivity contribution in [2.24, 2.45) is 0 Å². The lowest BCUT2D eigenvalue weighted by Crippen LogP contribution is -2.53. The smallest absolute Gasteiger partial charge is 0.240 e. The van der Waals surface area contributed by atoms with Crippen LogP contribution in [0.1, 0.15) is 19.3 Å². The van der Waals surface area contributed by atoms with Crippen LogP contribution in [0.2, 0.25) is 0 Å². The second-order valence-electron chi connectivity index (χ2n) is 7.11. The maximum Gasteiger partial charge on any atom is 0.240 e. The molecule has 2 aliphatic heterocycles. The summed E-state index contributed by atoms with van der Waals surface area (Å²) in [4.78, 5) is 31.2. The fourth-order valence-corrected chi connectivity index (χ4v) is 4.07. The van der Waals surface area contributed by atoms with Crippen molar-refractivity contribution in [3.63, 3.8) is 0 Å². The van der Waals surface area contributed by atoms with E-state index in [1.807, 2.05) is 36.2 Å². The summed E-state index contributed by atoms with van der Waals surface area (Å²) in [6.07, 6.45) is 2.55. The summed E-state index contributed by atoms with van der Waals surface area (Å²) in [5.41, 5.74) is 0.806. The molecule has 0 aliphatic carbocycles. The minimum atomic E-state index is 0.0224. The number of carbonyl (C=O) groups is 2. The summed E-state index contributed by atoms with van der Waals surface area (Å²) < 4.78 is 0.948. The number of nitrogens with one attached hydrogen (secondary N) is 1. The van der Waals surface area contributed by atoms with Crippen molar-refractivity contribution < 1.29 is 9.59 Å². The second-order valence-corrected chi connectivity index (χ2v) is 8.03. The highest BCUT2D eigenvalue weighted by molar-refractivity contribution is 9.10. The molecule has 26 heavy (non-hydrogen) atoms. The Hall–Kier alpha value is -1.44. The lowest BCUT2D eigenvalue weighted by atomic mass is 10.1. The minimum Gasteiger partial charge on any atom is -0.339 e. The van der Waals surface area contributed by atoms with Crippen LogP contribution in [0.3, 0.4) is 0 Å². The molecule has 1 atom stereocenters. The molecule has 0 spiro atoms. The molecule has 7 heteroatoms. The topological polar surface area (TPSA) is 55.9 Å². The van der Waals surface area contributed by atoms with Crippen LogP contribution < -0.4 is 5.32 Å². The number of halogens is 1. The zero-order valence-corrected chi connectivity index (χ0v) is 16.9. The zero-order valence-electron chi connectivity index (χ0n) is 15.3. The fourth-order valence-electron chi connectivity index (χ4n) is 3.67. The molecule has 0 unspecified atom stereocenters. The van der Waals surface area contributed by atoms with E-state index in [0.29, 0.717) is 6.42 Å². The monoisotopic (exact) mass is 422 g/mol. The number of carbonyl (C=O) groups excluding carboxylic acids is 2. The first-order valence-electron chi connectivity index (χ1n) is 9.30. The van der Waals surface area contributed by atoms with Crippen LogP contribution in [0.5, 0.6) is 0 Å². The Bertz CT molecular complexity index is 646. The molecular formula is C19H27BrN4O2. The fraction of sp³-hybridized carbons (Fsp3) is 0.579. The maximum atomic E-state index is 12.6. The lowest BCUT2D eigenvalue weighted by Gasteiger charge is -2.36. The number of amides is 2. The molecule has 142 valence electrons. The van der Waals surface area contributed by atoms with Crippen molar-refractivity contribution in [2.45, 2.75) is 25.3 Å². The van der Waals surface area contributed by atoms with Crippen LogP contribution >= 0.6 is 15.9 Å². The van der Waals surface area contributed by atoms with Crippen molar-refractivity contribution >= 4 is 33.4 Å². The van der Waals surface area contributed by atoms with Crippen molar-refractivity contribution in [1.29, 1.82) is 0 Å². The molecule has 3 rings (SSSR count). The summed E-state index contributed by atoms with van der Waals surface area (Å²) in [7, 11) is 2.04. The molecule has 0 radical (unpaired) electrons. The van der Waals surface area contributed by atoms with Crippen molar-refractivity contribution in [2.75, 3.05) is 51.6 Å². The average molecular weight is 423 g/mol. The quantitative estimate of drug-likeness (QED) is 0.788. The summed E-state index contributed by atoms with van der Waals surface area (Å²) in [5.74, 6) is 0.297. The van der Waals surface area contributed by atoms with E-state index < -0.39 is 0 Å². The third kappa shape index (κ3) is 5.05. The van der Waals surface area contributed by atoms with Crippen molar-refractivity contribution in [3.05, 3.63) is 28.7 Å². The molecule has 1 aromatic rings. The highest BCUT2D eigenvalue weighted by Gasteiger charge is 2.32. The Labute approximate surface area is 163 Å². The van der Waals surface area contributed by atoms with E-state index in [1.165, 1.54) is 0 Å². The van der Waals surface area contributed by atoms with Crippen LogP contribution in [-0.2, 0) is 9.59 Å². The summed E-state index contributed by atoms with van der Waals surface area (Å²) in [6.45, 7) is 4.94. The van der Waals surface area contributed by atoms with Crippen LogP contribution in [0, 0.1) is 0 Å². The normalized spacial score (nSPS) is 21.8. The number of likely N-dealkylation sites (tertiary alicyclic amines) is 1. The molecule has 2 saturated heterocycles. The predicted molar refractivity (Wildman–Crippen MR) is 106 cm³/mol. The van der Waals surface area contributed by atoms with E-state index in [9.17, 15) is 9.59 Å². The number of anilines is 1. The van der Waals surface area contributed by atoms with Gasteiger partial charge in [0.15, 0.2) is 0 Å². The predicted octanol–water partition coefficient (Wildman–Crippen LogP) is 2.02. The molecule has 0 saturated carbocycles. The Morgan fingerprint density at radius 2 is 1.96 bits per heavy atom. The number of nitrogens with zero attached hydrogens (tertiary/aromatic N) is 3. The summed E-state index contributed by atoms with van der Waals surface area (Å²) in [6, 6.07) is 7.67. The Morgan fingerprint density at radius 1 is 1.19 bits per heavy atom. The van der Waals surface area contributed by atoms with Crippen LogP contribution in [0.4, 0.5) is 5.69 Å². The largest absolute Gasteiger partial charge is 0.339 e. The Kier molecular flexibility index (Phi) is 6.67. The van der Waals surface area contributed by atoms with Gasteiger partial charge in [-0.05, 0) is 44.6 Å². The summed E-state index contributed by atoms with van der Waals surface area (Å²) in [5, 5.41) is 2.93. The Balaban J connectivity index is 1.38. The van der Waals surface area contributed by atoms with Crippen LogP contribution in [0.25, 0.3) is 0 Å². The molecular weight excluding hydrogens is 396 g/mol. The van der Waals surface area contributed by atoms with Gasteiger partial charge in [-0.15, -0.1) is 0 Å². The number of hydrogen-bond acceptors (Lipinski definition) is 4. The van der Waals surface area contributed by atoms with E-state index in [2.05, 4.69) is 31.0 Å². The van der Waals surface area contributed by atoms with E-state index in [4.69, 9.17) is 0 Å². The van der Waals surface area contributed by atoms with Gasteiger partial charge in [0.25, 0.3) is 0 Å². The van der Waals surface area contributed by atoms with Gasteiger partial charge in [0.05, 0.1) is 6.04 Å². The number of piperazine rings is 1. The molecule has 0 bridgehead atoms. The van der Waals surface area contributed by atoms with Gasteiger partial charge in [-0.2, -0.15) is 0 Å². The first-order chi connectivity index (χ1) is 12.5. The minimum absolute atomic E-state index is 0.0224. The molecule has 6 nitrogen and oxygen atoms in total. The number of likely N-dealkylation sites (N-methyl/N-ethyl adjacent to an activating group) is 1. The van der Waals surface area contributed by atoms with Crippen molar-refractivity contribution in [3.8, 4) is 0 Å². The lowest BCUT2D eigenvalue weighted by molar-refractivity contribution is -0.137. The number of rotatable bonds is 5. The van der Waals surface area contributed by atoms with E-state index in [0.717, 1.165) is 62.3 Å². The third-order valence-corrected chi connectivity index (χ3v) is 5.75. The highest BCUT2D eigenvalue weighted by atomic mass is 79.9. The molecule has 0 aromatic heterocycles. The van der Waals surface area contributed by atoms with Gasteiger partial charge in [-0.25, -0.2) is 0 Å². The van der Waals surface area contributed by atoms with Gasteiger partial charge >= 0.3 is 0 Å². The summed E-state index contributed by atoms with van der Waals surface area (Å²) >= 11 is 3.40. The third-order valence-electron chi connectivity index (χ3n) is 5.25. The maximum absolute atomic E-state index is 12.6. The number of benzene rings is 1. The average Bonchev–Trinajstić information content (AvgIpc) is 3.06. The van der Waals surface area contributed by atoms with Crippen LogP contribution in [-0.4, -0.2) is 78.9 Å².